The summed E-state index contributed by atoms with van der Waals surface area (Å²) in [5.74, 6) is 0.887. The minimum absolute atomic E-state index is 0.0218. The fourth-order valence-corrected chi connectivity index (χ4v) is 3.46. The zero-order valence-electron chi connectivity index (χ0n) is 15.5. The summed E-state index contributed by atoms with van der Waals surface area (Å²) >= 11 is 0. The van der Waals surface area contributed by atoms with E-state index in [-0.39, 0.29) is 24.1 Å². The predicted octanol–water partition coefficient (Wildman–Crippen LogP) is 0.842. The third-order valence-corrected chi connectivity index (χ3v) is 4.79. The number of piperazine rings is 2. The minimum Gasteiger partial charge on any atom is -0.491 e. The van der Waals surface area contributed by atoms with Crippen molar-refractivity contribution in [3.8, 4) is 5.75 Å². The molecule has 0 radical (unpaired) electrons. The molecule has 2 aliphatic heterocycles. The summed E-state index contributed by atoms with van der Waals surface area (Å²) < 4.78 is 5.82. The molecule has 0 bridgehead atoms. The largest absolute Gasteiger partial charge is 0.491 e. The summed E-state index contributed by atoms with van der Waals surface area (Å²) in [7, 11) is 0. The van der Waals surface area contributed by atoms with Crippen molar-refractivity contribution in [2.24, 2.45) is 0 Å². The molecule has 142 valence electrons. The summed E-state index contributed by atoms with van der Waals surface area (Å²) in [6.07, 6.45) is 0.821. The Labute approximate surface area is 154 Å². The first kappa shape index (κ1) is 18.5. The first-order chi connectivity index (χ1) is 12.5. The van der Waals surface area contributed by atoms with Gasteiger partial charge in [-0.05, 0) is 31.9 Å². The molecule has 1 aromatic rings. The van der Waals surface area contributed by atoms with Crippen LogP contribution in [0.2, 0.25) is 0 Å². The van der Waals surface area contributed by atoms with Gasteiger partial charge < -0.3 is 20.3 Å². The summed E-state index contributed by atoms with van der Waals surface area (Å²) in [5, 5.41) is 5.85. The van der Waals surface area contributed by atoms with Gasteiger partial charge >= 0.3 is 6.03 Å². The standard InChI is InChI=1S/C19H28N4O3/c1-14(2)26-17-6-4-3-5-15(17)7-8-21-19(25)23-12-11-22-10-9-20-18(24)16(22)13-23/h3-6,14,16H,7-13H2,1-2H3,(H,20,24)(H,21,25)/t16-/m0/s1. The fraction of sp³-hybridized carbons (Fsp3) is 0.579. The number of nitrogens with zero attached hydrogens (tertiary/aromatic N) is 2. The van der Waals surface area contributed by atoms with Crippen LogP contribution in [0.3, 0.4) is 0 Å². The van der Waals surface area contributed by atoms with Crippen LogP contribution in [0.5, 0.6) is 5.75 Å². The van der Waals surface area contributed by atoms with Gasteiger partial charge in [-0.25, -0.2) is 4.79 Å². The lowest BCUT2D eigenvalue weighted by atomic mass is 10.1. The van der Waals surface area contributed by atoms with Crippen LogP contribution in [0, 0.1) is 0 Å². The van der Waals surface area contributed by atoms with Crippen molar-refractivity contribution in [2.45, 2.75) is 32.4 Å². The number of fused-ring (bicyclic) bond motifs is 1. The lowest BCUT2D eigenvalue weighted by Gasteiger charge is -2.42. The molecule has 2 N–H and O–H groups in total. The summed E-state index contributed by atoms with van der Waals surface area (Å²) in [6, 6.07) is 7.58. The first-order valence-electron chi connectivity index (χ1n) is 9.33. The quantitative estimate of drug-likeness (QED) is 0.816. The van der Waals surface area contributed by atoms with Crippen molar-refractivity contribution >= 4 is 11.9 Å². The number of para-hydroxylation sites is 1. The number of hydrogen-bond acceptors (Lipinski definition) is 4. The second-order valence-electron chi connectivity index (χ2n) is 7.05. The third kappa shape index (κ3) is 4.46. The van der Waals surface area contributed by atoms with Gasteiger partial charge in [-0.2, -0.15) is 0 Å². The molecule has 3 amide bonds. The van der Waals surface area contributed by atoms with E-state index in [1.54, 1.807) is 4.90 Å². The molecule has 0 saturated carbocycles. The number of ether oxygens (including phenoxy) is 1. The van der Waals surface area contributed by atoms with Gasteiger partial charge in [0.25, 0.3) is 0 Å². The van der Waals surface area contributed by atoms with Crippen LogP contribution in [0.25, 0.3) is 0 Å². The number of hydrogen-bond donors (Lipinski definition) is 2. The number of rotatable bonds is 5. The highest BCUT2D eigenvalue weighted by Crippen LogP contribution is 2.19. The highest BCUT2D eigenvalue weighted by Gasteiger charge is 2.36. The van der Waals surface area contributed by atoms with Crippen LogP contribution in [-0.2, 0) is 11.2 Å². The van der Waals surface area contributed by atoms with E-state index >= 15 is 0 Å². The molecule has 26 heavy (non-hydrogen) atoms. The zero-order valence-corrected chi connectivity index (χ0v) is 15.5. The molecule has 0 spiro atoms. The molecule has 2 aliphatic rings. The van der Waals surface area contributed by atoms with Crippen LogP contribution in [0.1, 0.15) is 19.4 Å². The molecule has 2 saturated heterocycles. The normalized spacial score (nSPS) is 20.5. The Kier molecular flexibility index (Phi) is 5.98. The summed E-state index contributed by atoms with van der Waals surface area (Å²) in [4.78, 5) is 28.4. The molecular formula is C19H28N4O3. The average Bonchev–Trinajstić information content (AvgIpc) is 2.63. The average molecular weight is 360 g/mol. The molecule has 7 nitrogen and oxygen atoms in total. The minimum atomic E-state index is -0.219. The molecule has 3 rings (SSSR count). The third-order valence-electron chi connectivity index (χ3n) is 4.79. The number of nitrogens with one attached hydrogen (secondary N) is 2. The number of carbonyl (C=O) groups is 2. The Hall–Kier alpha value is -2.28. The van der Waals surface area contributed by atoms with Crippen LogP contribution < -0.4 is 15.4 Å². The fourth-order valence-electron chi connectivity index (χ4n) is 3.46. The van der Waals surface area contributed by atoms with Crippen LogP contribution in [0.15, 0.2) is 24.3 Å². The Morgan fingerprint density at radius 2 is 2.12 bits per heavy atom. The van der Waals surface area contributed by atoms with Crippen LogP contribution in [-0.4, -0.2) is 73.2 Å². The molecule has 0 unspecified atom stereocenters. The maximum absolute atomic E-state index is 12.5. The van der Waals surface area contributed by atoms with E-state index in [0.29, 0.717) is 32.6 Å². The summed E-state index contributed by atoms with van der Waals surface area (Å²) in [5.41, 5.74) is 1.08. The molecule has 1 atom stereocenters. The Morgan fingerprint density at radius 3 is 2.92 bits per heavy atom. The smallest absolute Gasteiger partial charge is 0.317 e. The predicted molar refractivity (Wildman–Crippen MR) is 99.3 cm³/mol. The lowest BCUT2D eigenvalue weighted by Crippen LogP contribution is -2.65. The highest BCUT2D eigenvalue weighted by atomic mass is 16.5. The molecule has 1 aromatic carbocycles. The maximum atomic E-state index is 12.5. The van der Waals surface area contributed by atoms with Crippen molar-refractivity contribution in [3.05, 3.63) is 29.8 Å². The number of benzene rings is 1. The second kappa shape index (κ2) is 8.40. The van der Waals surface area contributed by atoms with Gasteiger partial charge in [-0.15, -0.1) is 0 Å². The van der Waals surface area contributed by atoms with E-state index < -0.39 is 0 Å². The molecular weight excluding hydrogens is 332 g/mol. The monoisotopic (exact) mass is 360 g/mol. The summed E-state index contributed by atoms with van der Waals surface area (Å²) in [6.45, 7) is 7.94. The van der Waals surface area contributed by atoms with E-state index in [9.17, 15) is 9.59 Å². The van der Waals surface area contributed by atoms with Gasteiger partial charge in [0.05, 0.1) is 6.10 Å². The van der Waals surface area contributed by atoms with Crippen molar-refractivity contribution < 1.29 is 14.3 Å². The van der Waals surface area contributed by atoms with E-state index in [4.69, 9.17) is 4.74 Å². The van der Waals surface area contributed by atoms with Crippen LogP contribution in [0.4, 0.5) is 4.79 Å². The van der Waals surface area contributed by atoms with Crippen molar-refractivity contribution in [1.82, 2.24) is 20.4 Å². The molecule has 7 heteroatoms. The SMILES string of the molecule is CC(C)Oc1ccccc1CCNC(=O)N1CCN2CCNC(=O)[C@@H]2C1. The first-order valence-corrected chi connectivity index (χ1v) is 9.33. The Balaban J connectivity index is 1.50. The van der Waals surface area contributed by atoms with Crippen molar-refractivity contribution in [1.29, 1.82) is 0 Å². The van der Waals surface area contributed by atoms with Crippen molar-refractivity contribution in [3.63, 3.8) is 0 Å². The van der Waals surface area contributed by atoms with Crippen molar-refractivity contribution in [2.75, 3.05) is 39.3 Å². The number of amides is 3. The molecule has 2 fully saturated rings. The second-order valence-corrected chi connectivity index (χ2v) is 7.05. The van der Waals surface area contributed by atoms with E-state index in [2.05, 4.69) is 15.5 Å². The molecule has 0 aliphatic carbocycles. The number of urea groups is 1. The van der Waals surface area contributed by atoms with Gasteiger partial charge in [-0.3, -0.25) is 9.69 Å². The molecule has 0 aromatic heterocycles. The van der Waals surface area contributed by atoms with Gasteiger partial charge in [0.1, 0.15) is 11.8 Å². The topological polar surface area (TPSA) is 73.9 Å². The van der Waals surface area contributed by atoms with Gasteiger partial charge in [0, 0.05) is 39.3 Å². The van der Waals surface area contributed by atoms with Gasteiger partial charge in [-0.1, -0.05) is 18.2 Å². The lowest BCUT2D eigenvalue weighted by molar-refractivity contribution is -0.131. The van der Waals surface area contributed by atoms with E-state index in [1.807, 2.05) is 38.1 Å². The Bertz CT molecular complexity index is 649. The number of carbonyl (C=O) groups excluding carboxylic acids is 2. The highest BCUT2D eigenvalue weighted by molar-refractivity contribution is 5.84. The Morgan fingerprint density at radius 1 is 1.31 bits per heavy atom. The van der Waals surface area contributed by atoms with Crippen LogP contribution >= 0.6 is 0 Å². The van der Waals surface area contributed by atoms with Gasteiger partial charge in [0.2, 0.25) is 5.91 Å². The molecule has 2 heterocycles. The maximum Gasteiger partial charge on any atom is 0.317 e. The van der Waals surface area contributed by atoms with Gasteiger partial charge in [0.15, 0.2) is 0 Å². The zero-order chi connectivity index (χ0) is 18.5. The van der Waals surface area contributed by atoms with E-state index in [1.165, 1.54) is 0 Å². The van der Waals surface area contributed by atoms with E-state index in [0.717, 1.165) is 24.4 Å².